The molecule has 0 saturated heterocycles. The van der Waals surface area contributed by atoms with Gasteiger partial charge in [-0.25, -0.2) is 0 Å². The zero-order valence-corrected chi connectivity index (χ0v) is 11.7. The standard InChI is InChI=1S/C15H18N4O/c1-3-18-14-10-17-8-6-13(14)15(20)19(2)11-12-5-4-7-16-9-12/h4-10,18H,3,11H2,1-2H3. The molecule has 0 fully saturated rings. The van der Waals surface area contributed by atoms with E-state index in [1.807, 2.05) is 19.1 Å². The van der Waals surface area contributed by atoms with E-state index in [0.29, 0.717) is 12.1 Å². The quantitative estimate of drug-likeness (QED) is 0.904. The Morgan fingerprint density at radius 1 is 1.25 bits per heavy atom. The number of nitrogens with one attached hydrogen (secondary N) is 1. The second-order valence-electron chi connectivity index (χ2n) is 4.47. The van der Waals surface area contributed by atoms with Crippen LogP contribution in [0.15, 0.2) is 43.0 Å². The van der Waals surface area contributed by atoms with Crippen molar-refractivity contribution in [1.82, 2.24) is 14.9 Å². The fourth-order valence-corrected chi connectivity index (χ4v) is 1.96. The van der Waals surface area contributed by atoms with Crippen LogP contribution < -0.4 is 5.32 Å². The van der Waals surface area contributed by atoms with Gasteiger partial charge in [0.25, 0.3) is 5.91 Å². The maximum atomic E-state index is 12.5. The van der Waals surface area contributed by atoms with Crippen LogP contribution in [0.5, 0.6) is 0 Å². The van der Waals surface area contributed by atoms with Crippen LogP contribution in [-0.2, 0) is 6.54 Å². The Hall–Kier alpha value is -2.43. The van der Waals surface area contributed by atoms with Crippen molar-refractivity contribution in [2.75, 3.05) is 18.9 Å². The van der Waals surface area contributed by atoms with Crippen LogP contribution in [0.25, 0.3) is 0 Å². The first kappa shape index (κ1) is 14.0. The molecule has 20 heavy (non-hydrogen) atoms. The van der Waals surface area contributed by atoms with Gasteiger partial charge in [-0.3, -0.25) is 14.8 Å². The number of pyridine rings is 2. The van der Waals surface area contributed by atoms with Gasteiger partial charge in [-0.1, -0.05) is 6.07 Å². The highest BCUT2D eigenvalue weighted by atomic mass is 16.2. The fraction of sp³-hybridized carbons (Fsp3) is 0.267. The average Bonchev–Trinajstić information content (AvgIpc) is 2.48. The molecule has 0 aliphatic rings. The van der Waals surface area contributed by atoms with Crippen LogP contribution in [0.4, 0.5) is 5.69 Å². The molecule has 0 spiro atoms. The molecule has 0 aromatic carbocycles. The van der Waals surface area contributed by atoms with Crippen LogP contribution in [0.1, 0.15) is 22.8 Å². The third-order valence-electron chi connectivity index (χ3n) is 2.91. The molecule has 2 aromatic heterocycles. The van der Waals surface area contributed by atoms with Crippen molar-refractivity contribution in [2.24, 2.45) is 0 Å². The Bertz CT molecular complexity index is 571. The lowest BCUT2D eigenvalue weighted by Crippen LogP contribution is -2.27. The Morgan fingerprint density at radius 3 is 2.75 bits per heavy atom. The first-order chi connectivity index (χ1) is 9.72. The summed E-state index contributed by atoms with van der Waals surface area (Å²) in [5.41, 5.74) is 2.40. The summed E-state index contributed by atoms with van der Waals surface area (Å²) >= 11 is 0. The van der Waals surface area contributed by atoms with Crippen LogP contribution in [0, 0.1) is 0 Å². The number of nitrogens with zero attached hydrogens (tertiary/aromatic N) is 3. The summed E-state index contributed by atoms with van der Waals surface area (Å²) in [5, 5.41) is 3.15. The first-order valence-corrected chi connectivity index (χ1v) is 6.54. The Morgan fingerprint density at radius 2 is 2.05 bits per heavy atom. The molecule has 1 N–H and O–H groups in total. The smallest absolute Gasteiger partial charge is 0.256 e. The summed E-state index contributed by atoms with van der Waals surface area (Å²) in [5.74, 6) is -0.0350. The first-order valence-electron chi connectivity index (χ1n) is 6.54. The summed E-state index contributed by atoms with van der Waals surface area (Å²) in [6.45, 7) is 3.26. The van der Waals surface area contributed by atoms with E-state index in [-0.39, 0.29) is 5.91 Å². The van der Waals surface area contributed by atoms with Gasteiger partial charge >= 0.3 is 0 Å². The number of carbonyl (C=O) groups excluding carboxylic acids is 1. The second-order valence-corrected chi connectivity index (χ2v) is 4.47. The molecule has 0 aliphatic carbocycles. The third-order valence-corrected chi connectivity index (χ3v) is 2.91. The average molecular weight is 270 g/mol. The minimum atomic E-state index is -0.0350. The van der Waals surface area contributed by atoms with Gasteiger partial charge in [-0.05, 0) is 24.6 Å². The van der Waals surface area contributed by atoms with Crippen molar-refractivity contribution in [1.29, 1.82) is 0 Å². The van der Waals surface area contributed by atoms with Crippen molar-refractivity contribution in [3.05, 3.63) is 54.1 Å². The molecule has 5 heteroatoms. The van der Waals surface area contributed by atoms with Gasteiger partial charge in [-0.15, -0.1) is 0 Å². The normalized spacial score (nSPS) is 10.1. The van der Waals surface area contributed by atoms with Crippen LogP contribution in [-0.4, -0.2) is 34.4 Å². The molecular weight excluding hydrogens is 252 g/mol. The summed E-state index contributed by atoms with van der Waals surface area (Å²) < 4.78 is 0. The van der Waals surface area contributed by atoms with Gasteiger partial charge in [0.2, 0.25) is 0 Å². The monoisotopic (exact) mass is 270 g/mol. The summed E-state index contributed by atoms with van der Waals surface area (Å²) in [6, 6.07) is 5.55. The highest BCUT2D eigenvalue weighted by Crippen LogP contribution is 2.16. The van der Waals surface area contributed by atoms with Gasteiger partial charge in [-0.2, -0.15) is 0 Å². The lowest BCUT2D eigenvalue weighted by atomic mass is 10.2. The molecule has 0 saturated carbocycles. The highest BCUT2D eigenvalue weighted by molar-refractivity contribution is 5.99. The molecule has 0 radical (unpaired) electrons. The number of aromatic nitrogens is 2. The van der Waals surface area contributed by atoms with Crippen molar-refractivity contribution in [3.63, 3.8) is 0 Å². The number of rotatable bonds is 5. The van der Waals surface area contributed by atoms with Crippen molar-refractivity contribution >= 4 is 11.6 Å². The zero-order valence-electron chi connectivity index (χ0n) is 11.7. The van der Waals surface area contributed by atoms with E-state index in [0.717, 1.165) is 17.8 Å². The number of amides is 1. The summed E-state index contributed by atoms with van der Waals surface area (Å²) in [6.07, 6.45) is 6.79. The molecule has 0 atom stereocenters. The fourth-order valence-electron chi connectivity index (χ4n) is 1.96. The van der Waals surface area contributed by atoms with E-state index in [4.69, 9.17) is 0 Å². The predicted molar refractivity (Wildman–Crippen MR) is 78.4 cm³/mol. The van der Waals surface area contributed by atoms with Gasteiger partial charge in [0.1, 0.15) is 0 Å². The van der Waals surface area contributed by atoms with Crippen molar-refractivity contribution in [2.45, 2.75) is 13.5 Å². The van der Waals surface area contributed by atoms with Gasteiger partial charge < -0.3 is 10.2 Å². The zero-order chi connectivity index (χ0) is 14.4. The molecule has 1 amide bonds. The lowest BCUT2D eigenvalue weighted by molar-refractivity contribution is 0.0786. The molecule has 2 heterocycles. The topological polar surface area (TPSA) is 58.1 Å². The minimum absolute atomic E-state index is 0.0350. The van der Waals surface area contributed by atoms with E-state index in [1.165, 1.54) is 0 Å². The largest absolute Gasteiger partial charge is 0.383 e. The molecular formula is C15H18N4O. The Labute approximate surface area is 118 Å². The number of hydrogen-bond acceptors (Lipinski definition) is 4. The van der Waals surface area contributed by atoms with Crippen molar-refractivity contribution in [3.8, 4) is 0 Å². The molecule has 2 rings (SSSR count). The van der Waals surface area contributed by atoms with Gasteiger partial charge in [0.15, 0.2) is 0 Å². The van der Waals surface area contributed by atoms with E-state index >= 15 is 0 Å². The maximum absolute atomic E-state index is 12.5. The Balaban J connectivity index is 2.14. The molecule has 0 bridgehead atoms. The highest BCUT2D eigenvalue weighted by Gasteiger charge is 2.15. The summed E-state index contributed by atoms with van der Waals surface area (Å²) in [7, 11) is 1.78. The van der Waals surface area contributed by atoms with Crippen LogP contribution in [0.2, 0.25) is 0 Å². The Kier molecular flexibility index (Phi) is 4.65. The predicted octanol–water partition coefficient (Wildman–Crippen LogP) is 2.18. The van der Waals surface area contributed by atoms with Gasteiger partial charge in [0.05, 0.1) is 17.4 Å². The molecule has 0 unspecified atom stereocenters. The number of anilines is 1. The number of carbonyl (C=O) groups is 1. The van der Waals surface area contributed by atoms with E-state index in [1.54, 1.807) is 42.8 Å². The third kappa shape index (κ3) is 3.32. The van der Waals surface area contributed by atoms with E-state index in [2.05, 4.69) is 15.3 Å². The number of hydrogen-bond donors (Lipinski definition) is 1. The lowest BCUT2D eigenvalue weighted by Gasteiger charge is -2.19. The van der Waals surface area contributed by atoms with Gasteiger partial charge in [0, 0.05) is 38.7 Å². The molecule has 0 aliphatic heterocycles. The maximum Gasteiger partial charge on any atom is 0.256 e. The van der Waals surface area contributed by atoms with E-state index in [9.17, 15) is 4.79 Å². The second kappa shape index (κ2) is 6.65. The minimum Gasteiger partial charge on any atom is -0.383 e. The molecule has 2 aromatic rings. The van der Waals surface area contributed by atoms with Crippen molar-refractivity contribution < 1.29 is 4.79 Å². The van der Waals surface area contributed by atoms with E-state index < -0.39 is 0 Å². The van der Waals surface area contributed by atoms with Crippen LogP contribution >= 0.6 is 0 Å². The van der Waals surface area contributed by atoms with Crippen LogP contribution in [0.3, 0.4) is 0 Å². The summed E-state index contributed by atoms with van der Waals surface area (Å²) in [4.78, 5) is 22.3. The molecule has 5 nitrogen and oxygen atoms in total. The SMILES string of the molecule is CCNc1cnccc1C(=O)N(C)Cc1cccnc1. The molecule has 104 valence electrons.